The lowest BCUT2D eigenvalue weighted by Crippen LogP contribution is -2.27. The number of carbonyl (C=O) groups is 2. The van der Waals surface area contributed by atoms with Gasteiger partial charge in [0.25, 0.3) is 11.5 Å². The molecule has 4 rings (SSSR count). The summed E-state index contributed by atoms with van der Waals surface area (Å²) < 4.78 is 20.3. The Morgan fingerprint density at radius 2 is 1.89 bits per heavy atom. The number of amides is 1. The van der Waals surface area contributed by atoms with Crippen molar-refractivity contribution < 1.29 is 18.7 Å². The summed E-state index contributed by atoms with van der Waals surface area (Å²) in [7, 11) is 1.54. The number of methoxy groups -OCH3 is 1. The van der Waals surface area contributed by atoms with Crippen LogP contribution in [0.15, 0.2) is 70.6 Å². The van der Waals surface area contributed by atoms with E-state index in [0.29, 0.717) is 35.5 Å². The van der Waals surface area contributed by atoms with E-state index in [1.807, 2.05) is 26.0 Å². The summed E-state index contributed by atoms with van der Waals surface area (Å²) in [5, 5.41) is 3.23. The number of thioether (sulfide) groups is 1. The number of ketones is 1. The fourth-order valence-electron chi connectivity index (χ4n) is 3.95. The lowest BCUT2D eigenvalue weighted by atomic mass is 10.0. The maximum Gasteiger partial charge on any atom is 0.266 e. The number of rotatable bonds is 9. The van der Waals surface area contributed by atoms with Crippen molar-refractivity contribution in [3.05, 3.63) is 99.1 Å². The van der Waals surface area contributed by atoms with Gasteiger partial charge in [-0.05, 0) is 55.8 Å². The van der Waals surface area contributed by atoms with Crippen molar-refractivity contribution in [2.45, 2.75) is 19.0 Å². The Balaban J connectivity index is 1.75. The molecule has 0 fully saturated rings. The molecule has 1 N–H and O–H groups in total. The normalized spacial score (nSPS) is 11.0. The lowest BCUT2D eigenvalue weighted by molar-refractivity contribution is 0.0936. The molecule has 0 saturated carbocycles. The molecule has 0 aliphatic rings. The van der Waals surface area contributed by atoms with Gasteiger partial charge < -0.3 is 10.1 Å². The van der Waals surface area contributed by atoms with Gasteiger partial charge >= 0.3 is 0 Å². The average Bonchev–Trinajstić information content (AvgIpc) is 2.87. The highest BCUT2D eigenvalue weighted by molar-refractivity contribution is 7.99. The van der Waals surface area contributed by atoms with Crippen LogP contribution in [-0.2, 0) is 4.74 Å². The molecule has 0 spiro atoms. The molecule has 1 heterocycles. The monoisotopic (exact) mass is 519 g/mol. The predicted octanol–water partition coefficient (Wildman–Crippen LogP) is 4.49. The molecule has 1 aromatic heterocycles. The van der Waals surface area contributed by atoms with Crippen LogP contribution in [0, 0.1) is 19.7 Å². The molecule has 4 aromatic rings. The molecule has 0 aliphatic carbocycles. The number of hydrogen-bond donors (Lipinski definition) is 1. The number of carbonyl (C=O) groups excluding carboxylic acids is 2. The van der Waals surface area contributed by atoms with E-state index in [0.717, 1.165) is 22.9 Å². The van der Waals surface area contributed by atoms with E-state index in [2.05, 4.69) is 10.3 Å². The van der Waals surface area contributed by atoms with E-state index < -0.39 is 11.4 Å². The number of nitrogens with one attached hydrogen (secondary N) is 1. The number of nitrogens with zero attached hydrogens (tertiary/aromatic N) is 2. The first kappa shape index (κ1) is 26.2. The highest BCUT2D eigenvalue weighted by Gasteiger charge is 2.18. The Morgan fingerprint density at radius 1 is 1.08 bits per heavy atom. The quantitative estimate of drug-likeness (QED) is 0.152. The third-order valence-electron chi connectivity index (χ3n) is 5.77. The van der Waals surface area contributed by atoms with Crippen LogP contribution in [0.2, 0.25) is 0 Å². The van der Waals surface area contributed by atoms with Gasteiger partial charge in [0, 0.05) is 24.8 Å². The molecule has 0 radical (unpaired) electrons. The van der Waals surface area contributed by atoms with Crippen LogP contribution in [0.1, 0.15) is 31.8 Å². The second kappa shape index (κ2) is 11.5. The molecule has 0 saturated heterocycles. The van der Waals surface area contributed by atoms with Crippen LogP contribution in [0.4, 0.5) is 4.39 Å². The first-order valence-electron chi connectivity index (χ1n) is 11.6. The number of ether oxygens (including phenoxy) is 1. The number of Topliss-reactive ketones (excluding diaryl/α,β-unsaturated/α-hetero) is 1. The molecule has 0 aliphatic heterocycles. The maximum absolute atomic E-state index is 14.1. The van der Waals surface area contributed by atoms with Crippen molar-refractivity contribution in [3.8, 4) is 5.69 Å². The van der Waals surface area contributed by atoms with Gasteiger partial charge in [-0.2, -0.15) is 0 Å². The van der Waals surface area contributed by atoms with E-state index in [9.17, 15) is 18.8 Å². The highest BCUT2D eigenvalue weighted by Crippen LogP contribution is 2.24. The summed E-state index contributed by atoms with van der Waals surface area (Å²) in [5.41, 5.74) is 3.02. The first-order chi connectivity index (χ1) is 17.8. The van der Waals surface area contributed by atoms with Crippen LogP contribution in [-0.4, -0.2) is 47.3 Å². The van der Waals surface area contributed by atoms with Crippen LogP contribution in [0.3, 0.4) is 0 Å². The van der Waals surface area contributed by atoms with Gasteiger partial charge in [0.1, 0.15) is 5.82 Å². The minimum Gasteiger partial charge on any atom is -0.383 e. The van der Waals surface area contributed by atoms with Crippen molar-refractivity contribution in [2.24, 2.45) is 0 Å². The van der Waals surface area contributed by atoms with Crippen LogP contribution in [0.25, 0.3) is 16.6 Å². The van der Waals surface area contributed by atoms with Gasteiger partial charge in [-0.25, -0.2) is 9.37 Å². The smallest absolute Gasteiger partial charge is 0.266 e. The first-order valence-corrected chi connectivity index (χ1v) is 12.6. The minimum atomic E-state index is -0.505. The van der Waals surface area contributed by atoms with Crippen LogP contribution >= 0.6 is 11.8 Å². The molecule has 0 bridgehead atoms. The standard InChI is InChI=1S/C28H26FN3O4S/c1-17-7-9-22(18(2)13-17)25(33)16-37-28-31-24-14-19(26(34)30-11-12-36-3)8-10-23(24)27(35)32(28)21-6-4-5-20(29)15-21/h4-10,13-15H,11-12,16H2,1-3H3,(H,30,34). The highest BCUT2D eigenvalue weighted by atomic mass is 32.2. The van der Waals surface area contributed by atoms with E-state index in [4.69, 9.17) is 4.74 Å². The van der Waals surface area contributed by atoms with Crippen molar-refractivity contribution in [1.82, 2.24) is 14.9 Å². The Bertz CT molecular complexity index is 1550. The summed E-state index contributed by atoms with van der Waals surface area (Å²) in [6, 6.07) is 15.8. The number of fused-ring (bicyclic) bond motifs is 1. The van der Waals surface area contributed by atoms with Gasteiger partial charge in [-0.1, -0.05) is 41.6 Å². The second-order valence-electron chi connectivity index (χ2n) is 8.53. The summed E-state index contributed by atoms with van der Waals surface area (Å²) in [6.07, 6.45) is 0. The number of aromatic nitrogens is 2. The van der Waals surface area contributed by atoms with E-state index in [-0.39, 0.29) is 28.0 Å². The maximum atomic E-state index is 14.1. The second-order valence-corrected chi connectivity index (χ2v) is 9.47. The molecule has 7 nitrogen and oxygen atoms in total. The number of benzene rings is 3. The summed E-state index contributed by atoms with van der Waals surface area (Å²) in [4.78, 5) is 43.7. The summed E-state index contributed by atoms with van der Waals surface area (Å²) >= 11 is 1.09. The fourth-order valence-corrected chi connectivity index (χ4v) is 4.85. The zero-order chi connectivity index (χ0) is 26.5. The number of halogens is 1. The molecule has 0 atom stereocenters. The SMILES string of the molecule is COCCNC(=O)c1ccc2c(=O)n(-c3cccc(F)c3)c(SCC(=O)c3ccc(C)cc3C)nc2c1. The third kappa shape index (κ3) is 5.95. The van der Waals surface area contributed by atoms with Gasteiger partial charge in [0.2, 0.25) is 0 Å². The average molecular weight is 520 g/mol. The Hall–Kier alpha value is -3.82. The Labute approximate surface area is 217 Å². The van der Waals surface area contributed by atoms with Crippen molar-refractivity contribution in [1.29, 1.82) is 0 Å². The third-order valence-corrected chi connectivity index (χ3v) is 6.71. The molecule has 37 heavy (non-hydrogen) atoms. The van der Waals surface area contributed by atoms with E-state index in [1.54, 1.807) is 25.3 Å². The minimum absolute atomic E-state index is 0.0222. The van der Waals surface area contributed by atoms with Crippen LogP contribution < -0.4 is 10.9 Å². The van der Waals surface area contributed by atoms with Gasteiger partial charge in [-0.15, -0.1) is 0 Å². The topological polar surface area (TPSA) is 90.3 Å². The molecular weight excluding hydrogens is 493 g/mol. The fraction of sp³-hybridized carbons (Fsp3) is 0.214. The summed E-state index contributed by atoms with van der Waals surface area (Å²) in [6.45, 7) is 4.54. The van der Waals surface area contributed by atoms with Crippen molar-refractivity contribution in [2.75, 3.05) is 26.0 Å². The molecule has 9 heteroatoms. The van der Waals surface area contributed by atoms with E-state index >= 15 is 0 Å². The van der Waals surface area contributed by atoms with Crippen LogP contribution in [0.5, 0.6) is 0 Å². The Kier molecular flexibility index (Phi) is 8.15. The molecule has 190 valence electrons. The Morgan fingerprint density at radius 3 is 2.62 bits per heavy atom. The largest absolute Gasteiger partial charge is 0.383 e. The number of aryl methyl sites for hydroxylation is 2. The summed E-state index contributed by atoms with van der Waals surface area (Å²) in [5.74, 6) is -0.924. The number of hydrogen-bond acceptors (Lipinski definition) is 6. The molecule has 3 aromatic carbocycles. The zero-order valence-corrected chi connectivity index (χ0v) is 21.5. The van der Waals surface area contributed by atoms with Gasteiger partial charge in [0.05, 0.1) is 29.0 Å². The van der Waals surface area contributed by atoms with E-state index in [1.165, 1.54) is 34.9 Å². The van der Waals surface area contributed by atoms with Crippen molar-refractivity contribution >= 4 is 34.4 Å². The predicted molar refractivity (Wildman–Crippen MR) is 142 cm³/mol. The molecule has 0 unspecified atom stereocenters. The zero-order valence-electron chi connectivity index (χ0n) is 20.7. The lowest BCUT2D eigenvalue weighted by Gasteiger charge is -2.14. The molecule has 1 amide bonds. The van der Waals surface area contributed by atoms with Crippen molar-refractivity contribution in [3.63, 3.8) is 0 Å². The van der Waals surface area contributed by atoms with Gasteiger partial charge in [0.15, 0.2) is 10.9 Å². The van der Waals surface area contributed by atoms with Gasteiger partial charge in [-0.3, -0.25) is 19.0 Å². The molecular formula is C28H26FN3O4S.